The lowest BCUT2D eigenvalue weighted by atomic mass is 10.1. The van der Waals surface area contributed by atoms with Crippen molar-refractivity contribution in [2.75, 3.05) is 5.32 Å². The number of benzene rings is 1. The van der Waals surface area contributed by atoms with Crippen molar-refractivity contribution >= 4 is 68.0 Å². The van der Waals surface area contributed by atoms with E-state index in [9.17, 15) is 9.59 Å². The molecule has 1 heterocycles. The highest BCUT2D eigenvalue weighted by atomic mass is 79.9. The fourth-order valence-electron chi connectivity index (χ4n) is 1.49. The van der Waals surface area contributed by atoms with Gasteiger partial charge in [-0.3, -0.25) is 4.79 Å². The Kier molecular flexibility index (Phi) is 4.70. The maximum absolute atomic E-state index is 12.0. The van der Waals surface area contributed by atoms with Crippen LogP contribution in [0.2, 0.25) is 10.0 Å². The van der Waals surface area contributed by atoms with Crippen molar-refractivity contribution in [3.05, 3.63) is 48.5 Å². The molecule has 8 heteroatoms. The number of aromatic carboxylic acids is 1. The van der Waals surface area contributed by atoms with Gasteiger partial charge in [-0.25, -0.2) is 4.79 Å². The van der Waals surface area contributed by atoms with Crippen LogP contribution >= 0.6 is 50.5 Å². The Balaban J connectivity index is 2.41. The highest BCUT2D eigenvalue weighted by molar-refractivity contribution is 9.11. The number of anilines is 1. The van der Waals surface area contributed by atoms with Crippen LogP contribution in [0.15, 0.2) is 28.1 Å². The normalized spacial score (nSPS) is 10.3. The molecule has 20 heavy (non-hydrogen) atoms. The van der Waals surface area contributed by atoms with Crippen molar-refractivity contribution in [1.29, 1.82) is 0 Å². The summed E-state index contributed by atoms with van der Waals surface area (Å²) in [5.41, 5.74) is -0.246. The van der Waals surface area contributed by atoms with Crippen molar-refractivity contribution in [2.24, 2.45) is 0 Å². The topological polar surface area (TPSA) is 66.4 Å². The molecule has 0 spiro atoms. The first-order valence-electron chi connectivity index (χ1n) is 5.18. The third-order valence-corrected chi connectivity index (χ3v) is 4.61. The number of carboxylic acid groups (broad SMARTS) is 1. The van der Waals surface area contributed by atoms with Crippen LogP contribution in [0.5, 0.6) is 0 Å². The van der Waals surface area contributed by atoms with Gasteiger partial charge < -0.3 is 10.4 Å². The molecule has 0 radical (unpaired) electrons. The number of hydrogen-bond donors (Lipinski definition) is 2. The van der Waals surface area contributed by atoms with E-state index in [2.05, 4.69) is 21.2 Å². The van der Waals surface area contributed by atoms with E-state index in [0.717, 1.165) is 3.79 Å². The summed E-state index contributed by atoms with van der Waals surface area (Å²) in [6, 6.07) is 6.13. The van der Waals surface area contributed by atoms with E-state index in [1.807, 2.05) is 0 Å². The Morgan fingerprint density at radius 1 is 1.15 bits per heavy atom. The molecule has 0 unspecified atom stereocenters. The van der Waals surface area contributed by atoms with Gasteiger partial charge >= 0.3 is 5.97 Å². The van der Waals surface area contributed by atoms with Gasteiger partial charge in [-0.2, -0.15) is 0 Å². The zero-order valence-electron chi connectivity index (χ0n) is 9.62. The summed E-state index contributed by atoms with van der Waals surface area (Å²) in [6.45, 7) is 0. The third kappa shape index (κ3) is 3.15. The van der Waals surface area contributed by atoms with Gasteiger partial charge in [-0.1, -0.05) is 23.2 Å². The first-order chi connectivity index (χ1) is 9.40. The van der Waals surface area contributed by atoms with Crippen LogP contribution in [0.4, 0.5) is 5.69 Å². The van der Waals surface area contributed by atoms with Crippen molar-refractivity contribution in [2.45, 2.75) is 0 Å². The summed E-state index contributed by atoms with van der Waals surface area (Å²) in [5.74, 6) is -1.72. The Bertz CT molecular complexity index is 702. The maximum Gasteiger partial charge on any atom is 0.339 e. The van der Waals surface area contributed by atoms with Crippen molar-refractivity contribution < 1.29 is 14.7 Å². The minimum atomic E-state index is -1.26. The number of thiophene rings is 1. The van der Waals surface area contributed by atoms with Crippen molar-refractivity contribution in [3.63, 3.8) is 0 Å². The lowest BCUT2D eigenvalue weighted by Gasteiger charge is -2.11. The maximum atomic E-state index is 12.0. The lowest BCUT2D eigenvalue weighted by Crippen LogP contribution is -2.14. The van der Waals surface area contributed by atoms with Gasteiger partial charge in [0.15, 0.2) is 0 Å². The largest absolute Gasteiger partial charge is 0.478 e. The lowest BCUT2D eigenvalue weighted by molar-refractivity contribution is 0.0698. The van der Waals surface area contributed by atoms with Crippen LogP contribution < -0.4 is 5.32 Å². The fourth-order valence-corrected chi connectivity index (χ4v) is 3.22. The molecule has 0 bridgehead atoms. The quantitative estimate of drug-likeness (QED) is 0.787. The molecular weight excluding hydrogens is 389 g/mol. The van der Waals surface area contributed by atoms with Gasteiger partial charge in [0.1, 0.15) is 5.56 Å². The Hall–Kier alpha value is -1.08. The van der Waals surface area contributed by atoms with Crippen molar-refractivity contribution in [3.8, 4) is 0 Å². The second-order valence-electron chi connectivity index (χ2n) is 3.64. The molecule has 0 aliphatic heterocycles. The highest BCUT2D eigenvalue weighted by Crippen LogP contribution is 2.33. The van der Waals surface area contributed by atoms with Gasteiger partial charge in [0, 0.05) is 0 Å². The fraction of sp³-hybridized carbons (Fsp3) is 0. The zero-order chi connectivity index (χ0) is 14.9. The number of carboxylic acids is 1. The van der Waals surface area contributed by atoms with E-state index >= 15 is 0 Å². The van der Waals surface area contributed by atoms with Gasteiger partial charge in [-0.15, -0.1) is 11.3 Å². The molecule has 0 aliphatic rings. The van der Waals surface area contributed by atoms with Gasteiger partial charge in [0.25, 0.3) is 5.91 Å². The monoisotopic (exact) mass is 393 g/mol. The zero-order valence-corrected chi connectivity index (χ0v) is 13.5. The van der Waals surface area contributed by atoms with Crippen LogP contribution in [0, 0.1) is 0 Å². The molecule has 104 valence electrons. The predicted octanol–water partition coefficient (Wildman–Crippen LogP) is 4.77. The second kappa shape index (κ2) is 6.13. The number of rotatable bonds is 3. The number of hydrogen-bond acceptors (Lipinski definition) is 3. The highest BCUT2D eigenvalue weighted by Gasteiger charge is 2.20. The summed E-state index contributed by atoms with van der Waals surface area (Å²) in [5, 5.41) is 11.8. The van der Waals surface area contributed by atoms with E-state index in [1.54, 1.807) is 12.1 Å². The number of carbonyl (C=O) groups is 2. The Labute approximate surface area is 136 Å². The van der Waals surface area contributed by atoms with E-state index in [-0.39, 0.29) is 21.3 Å². The molecule has 2 rings (SSSR count). The minimum absolute atomic E-state index is 0.00422. The molecule has 0 saturated heterocycles. The molecule has 0 fully saturated rings. The summed E-state index contributed by atoms with van der Waals surface area (Å²) in [7, 11) is 0. The van der Waals surface area contributed by atoms with E-state index in [4.69, 9.17) is 28.3 Å². The molecule has 2 N–H and O–H groups in total. The number of nitrogens with one attached hydrogen (secondary N) is 1. The smallest absolute Gasteiger partial charge is 0.339 e. The summed E-state index contributed by atoms with van der Waals surface area (Å²) < 4.78 is 0.790. The average Bonchev–Trinajstić information content (AvgIpc) is 2.80. The minimum Gasteiger partial charge on any atom is -0.478 e. The number of halogens is 3. The van der Waals surface area contributed by atoms with Gasteiger partial charge in [0.05, 0.1) is 24.4 Å². The number of amides is 1. The van der Waals surface area contributed by atoms with Crippen LogP contribution in [-0.2, 0) is 0 Å². The standard InChI is InChI=1S/C12H6BrCl2NO3S/c13-8-4-3-7(20-8)11(17)16-10-6(15)2-1-5(14)9(10)12(18)19/h1-4H,(H,16,17)(H,18,19). The second-order valence-corrected chi connectivity index (χ2v) is 6.92. The third-order valence-electron chi connectivity index (χ3n) is 2.35. The van der Waals surface area contributed by atoms with Crippen LogP contribution in [-0.4, -0.2) is 17.0 Å². The van der Waals surface area contributed by atoms with E-state index < -0.39 is 11.9 Å². The van der Waals surface area contributed by atoms with Crippen molar-refractivity contribution in [1.82, 2.24) is 0 Å². The predicted molar refractivity (Wildman–Crippen MR) is 83.4 cm³/mol. The SMILES string of the molecule is O=C(Nc1c(Cl)ccc(Cl)c1C(=O)O)c1ccc(Br)s1. The molecule has 0 aliphatic carbocycles. The van der Waals surface area contributed by atoms with E-state index in [0.29, 0.717) is 4.88 Å². The first kappa shape index (κ1) is 15.3. The number of carbonyl (C=O) groups excluding carboxylic acids is 1. The van der Waals surface area contributed by atoms with Crippen LogP contribution in [0.3, 0.4) is 0 Å². The molecule has 1 aromatic heterocycles. The van der Waals surface area contributed by atoms with E-state index in [1.165, 1.54) is 23.5 Å². The molecule has 4 nitrogen and oxygen atoms in total. The molecule has 1 amide bonds. The molecular formula is C12H6BrCl2NO3S. The molecule has 0 saturated carbocycles. The van der Waals surface area contributed by atoms with Gasteiger partial charge in [-0.05, 0) is 40.2 Å². The van der Waals surface area contributed by atoms with Crippen LogP contribution in [0.1, 0.15) is 20.0 Å². The Morgan fingerprint density at radius 3 is 2.35 bits per heavy atom. The Morgan fingerprint density at radius 2 is 1.80 bits per heavy atom. The molecule has 1 aromatic carbocycles. The van der Waals surface area contributed by atoms with Crippen LogP contribution in [0.25, 0.3) is 0 Å². The molecule has 2 aromatic rings. The summed E-state index contributed by atoms with van der Waals surface area (Å²) in [4.78, 5) is 23.7. The van der Waals surface area contributed by atoms with Gasteiger partial charge in [0.2, 0.25) is 0 Å². The average molecular weight is 395 g/mol. The summed E-state index contributed by atoms with van der Waals surface area (Å²) in [6.07, 6.45) is 0. The summed E-state index contributed by atoms with van der Waals surface area (Å²) >= 11 is 16.2. The first-order valence-corrected chi connectivity index (χ1v) is 7.54. The molecule has 0 atom stereocenters.